The van der Waals surface area contributed by atoms with Crippen LogP contribution in [0.3, 0.4) is 0 Å². The molecule has 1 aromatic heterocycles. The van der Waals surface area contributed by atoms with Crippen molar-refractivity contribution in [1.82, 2.24) is 9.97 Å². The molecule has 5 heteroatoms. The van der Waals surface area contributed by atoms with Crippen LogP contribution in [-0.4, -0.2) is 43.2 Å². The van der Waals surface area contributed by atoms with Gasteiger partial charge in [0.15, 0.2) is 0 Å². The number of aromatic nitrogens is 2. The fraction of sp³-hybridized carbons (Fsp3) is 0.312. The van der Waals surface area contributed by atoms with Crippen LogP contribution in [0.1, 0.15) is 5.69 Å². The molecule has 1 aromatic carbocycles. The summed E-state index contributed by atoms with van der Waals surface area (Å²) in [6, 6.07) is 13.8. The van der Waals surface area contributed by atoms with Gasteiger partial charge in [-0.3, -0.25) is 0 Å². The van der Waals surface area contributed by atoms with E-state index in [9.17, 15) is 5.26 Å². The Hall–Kier alpha value is -2.45. The van der Waals surface area contributed by atoms with Crippen molar-refractivity contribution in [3.63, 3.8) is 0 Å². The Labute approximate surface area is 124 Å². The van der Waals surface area contributed by atoms with E-state index in [4.69, 9.17) is 0 Å². The summed E-state index contributed by atoms with van der Waals surface area (Å²) in [5.41, 5.74) is 2.24. The second kappa shape index (κ2) is 5.90. The van der Waals surface area contributed by atoms with Crippen molar-refractivity contribution in [1.29, 1.82) is 5.26 Å². The minimum absolute atomic E-state index is 0.421. The maximum Gasteiger partial charge on any atom is 0.227 e. The largest absolute Gasteiger partial charge is 0.334 e. The van der Waals surface area contributed by atoms with Crippen molar-refractivity contribution < 1.29 is 4.90 Å². The summed E-state index contributed by atoms with van der Waals surface area (Å²) < 4.78 is 0. The van der Waals surface area contributed by atoms with E-state index >= 15 is 0 Å². The number of nitriles is 1. The van der Waals surface area contributed by atoms with Crippen molar-refractivity contribution in [2.24, 2.45) is 0 Å². The van der Waals surface area contributed by atoms with E-state index in [0.717, 1.165) is 37.4 Å². The molecule has 0 amide bonds. The molecule has 0 saturated carbocycles. The van der Waals surface area contributed by atoms with Gasteiger partial charge in [-0.15, -0.1) is 0 Å². The molecule has 0 spiro atoms. The quantitative estimate of drug-likeness (QED) is 0.862. The summed E-state index contributed by atoms with van der Waals surface area (Å²) in [7, 11) is 2.19. The standard InChI is InChI=1S/C16H17N5/c1-20-7-9-21(10-8-20)16-18-14(12-17)11-15(19-16)13-5-3-2-4-6-13/h2-6,11H,7-10H2,1H3/p+1. The third-order valence-corrected chi connectivity index (χ3v) is 3.80. The molecule has 2 aromatic rings. The zero-order valence-corrected chi connectivity index (χ0v) is 12.1. The van der Waals surface area contributed by atoms with Crippen LogP contribution in [0.5, 0.6) is 0 Å². The average Bonchev–Trinajstić information content (AvgIpc) is 2.56. The van der Waals surface area contributed by atoms with Gasteiger partial charge < -0.3 is 9.80 Å². The van der Waals surface area contributed by atoms with Gasteiger partial charge in [0.1, 0.15) is 11.8 Å². The number of anilines is 1. The zero-order valence-electron chi connectivity index (χ0n) is 12.1. The van der Waals surface area contributed by atoms with Gasteiger partial charge in [-0.25, -0.2) is 9.97 Å². The van der Waals surface area contributed by atoms with Gasteiger partial charge in [-0.05, 0) is 0 Å². The molecule has 3 rings (SSSR count). The first-order valence-electron chi connectivity index (χ1n) is 7.17. The van der Waals surface area contributed by atoms with Gasteiger partial charge in [0.25, 0.3) is 0 Å². The number of hydrogen-bond donors (Lipinski definition) is 1. The van der Waals surface area contributed by atoms with Crippen molar-refractivity contribution in [3.8, 4) is 17.3 Å². The van der Waals surface area contributed by atoms with Gasteiger partial charge in [0, 0.05) is 11.6 Å². The maximum atomic E-state index is 9.21. The van der Waals surface area contributed by atoms with Crippen LogP contribution in [0.25, 0.3) is 11.3 Å². The first-order chi connectivity index (χ1) is 10.3. The molecule has 21 heavy (non-hydrogen) atoms. The summed E-state index contributed by atoms with van der Waals surface area (Å²) in [6.45, 7) is 3.99. The number of rotatable bonds is 2. The Kier molecular flexibility index (Phi) is 3.80. The monoisotopic (exact) mass is 280 g/mol. The van der Waals surface area contributed by atoms with E-state index in [1.165, 1.54) is 4.90 Å². The van der Waals surface area contributed by atoms with Crippen molar-refractivity contribution >= 4 is 5.95 Å². The van der Waals surface area contributed by atoms with Gasteiger partial charge in [0.05, 0.1) is 38.9 Å². The molecule has 0 radical (unpaired) electrons. The third-order valence-electron chi connectivity index (χ3n) is 3.80. The van der Waals surface area contributed by atoms with Crippen LogP contribution >= 0.6 is 0 Å². The van der Waals surface area contributed by atoms with Crippen LogP contribution in [0.4, 0.5) is 5.95 Å². The molecule has 1 aliphatic rings. The van der Waals surface area contributed by atoms with Crippen LogP contribution in [0.15, 0.2) is 36.4 Å². The number of hydrogen-bond acceptors (Lipinski definition) is 4. The minimum Gasteiger partial charge on any atom is -0.334 e. The molecule has 1 N–H and O–H groups in total. The lowest BCUT2D eigenvalue weighted by Crippen LogP contribution is -3.12. The van der Waals surface area contributed by atoms with E-state index in [0.29, 0.717) is 11.6 Å². The summed E-state index contributed by atoms with van der Waals surface area (Å²) in [6.07, 6.45) is 0. The summed E-state index contributed by atoms with van der Waals surface area (Å²) in [5, 5.41) is 9.21. The van der Waals surface area contributed by atoms with E-state index in [-0.39, 0.29) is 0 Å². The van der Waals surface area contributed by atoms with Crippen LogP contribution in [0.2, 0.25) is 0 Å². The highest BCUT2D eigenvalue weighted by Crippen LogP contribution is 2.20. The Morgan fingerprint density at radius 2 is 1.86 bits per heavy atom. The highest BCUT2D eigenvalue weighted by molar-refractivity contribution is 5.61. The zero-order chi connectivity index (χ0) is 14.7. The molecule has 1 aliphatic heterocycles. The number of piperazine rings is 1. The predicted molar refractivity (Wildman–Crippen MR) is 81.0 cm³/mol. The SMILES string of the molecule is C[NH+]1CCN(c2nc(C#N)cc(-c3ccccc3)n2)CC1. The van der Waals surface area contributed by atoms with Crippen molar-refractivity contribution in [2.75, 3.05) is 38.1 Å². The van der Waals surface area contributed by atoms with Crippen LogP contribution < -0.4 is 9.80 Å². The van der Waals surface area contributed by atoms with E-state index < -0.39 is 0 Å². The average molecular weight is 280 g/mol. The van der Waals surface area contributed by atoms with Crippen LogP contribution in [0, 0.1) is 11.3 Å². The molecule has 1 fully saturated rings. The summed E-state index contributed by atoms with van der Waals surface area (Å²) in [5.74, 6) is 0.667. The molecule has 1 saturated heterocycles. The van der Waals surface area contributed by atoms with E-state index in [2.05, 4.69) is 28.0 Å². The topological polar surface area (TPSA) is 57.2 Å². The number of nitrogens with zero attached hydrogens (tertiary/aromatic N) is 4. The van der Waals surface area contributed by atoms with Crippen molar-refractivity contribution in [3.05, 3.63) is 42.1 Å². The molecular weight excluding hydrogens is 262 g/mol. The lowest BCUT2D eigenvalue weighted by atomic mass is 10.1. The third kappa shape index (κ3) is 3.01. The molecule has 2 heterocycles. The fourth-order valence-electron chi connectivity index (χ4n) is 2.48. The lowest BCUT2D eigenvalue weighted by molar-refractivity contribution is -0.880. The normalized spacial score (nSPS) is 15.7. The van der Waals surface area contributed by atoms with E-state index in [1.54, 1.807) is 6.07 Å². The molecule has 0 bridgehead atoms. The molecule has 0 atom stereocenters. The first kappa shape index (κ1) is 13.5. The second-order valence-electron chi connectivity index (χ2n) is 5.36. The maximum absolute atomic E-state index is 9.21. The number of likely N-dealkylation sites (N-methyl/N-ethyl adjacent to an activating group) is 1. The second-order valence-corrected chi connectivity index (χ2v) is 5.36. The first-order valence-corrected chi connectivity index (χ1v) is 7.17. The molecule has 0 aliphatic carbocycles. The highest BCUT2D eigenvalue weighted by Gasteiger charge is 2.20. The van der Waals surface area contributed by atoms with E-state index in [1.807, 2.05) is 30.3 Å². The number of nitrogens with one attached hydrogen (secondary N) is 1. The highest BCUT2D eigenvalue weighted by atomic mass is 15.3. The molecule has 5 nitrogen and oxygen atoms in total. The molecular formula is C16H18N5+. The molecule has 106 valence electrons. The molecule has 0 unspecified atom stereocenters. The van der Waals surface area contributed by atoms with Gasteiger partial charge >= 0.3 is 0 Å². The summed E-state index contributed by atoms with van der Waals surface area (Å²) in [4.78, 5) is 12.7. The van der Waals surface area contributed by atoms with Crippen molar-refractivity contribution in [2.45, 2.75) is 0 Å². The van der Waals surface area contributed by atoms with Gasteiger partial charge in [-0.2, -0.15) is 5.26 Å². The Morgan fingerprint density at radius 3 is 2.52 bits per heavy atom. The van der Waals surface area contributed by atoms with Gasteiger partial charge in [0.2, 0.25) is 5.95 Å². The summed E-state index contributed by atoms with van der Waals surface area (Å²) >= 11 is 0. The number of benzene rings is 1. The predicted octanol–water partition coefficient (Wildman–Crippen LogP) is 0.350. The minimum atomic E-state index is 0.421. The van der Waals surface area contributed by atoms with Crippen LogP contribution in [-0.2, 0) is 0 Å². The Morgan fingerprint density at radius 1 is 1.14 bits per heavy atom. The smallest absolute Gasteiger partial charge is 0.227 e. The number of quaternary nitrogens is 1. The lowest BCUT2D eigenvalue weighted by Gasteiger charge is -2.30. The Bertz CT molecular complexity index is 654. The fourth-order valence-corrected chi connectivity index (χ4v) is 2.48. The van der Waals surface area contributed by atoms with Gasteiger partial charge in [-0.1, -0.05) is 30.3 Å². The Balaban J connectivity index is 1.96.